The number of carboxylic acid groups (broad SMARTS) is 1. The Labute approximate surface area is 114 Å². The Kier molecular flexibility index (Phi) is 4.88. The van der Waals surface area contributed by atoms with E-state index >= 15 is 0 Å². The average molecular weight is 268 g/mol. The fourth-order valence-corrected chi connectivity index (χ4v) is 2.77. The fourth-order valence-electron chi connectivity index (χ4n) is 2.77. The van der Waals surface area contributed by atoms with Crippen LogP contribution in [0.25, 0.3) is 0 Å². The Morgan fingerprint density at radius 3 is 1.84 bits per heavy atom. The van der Waals surface area contributed by atoms with E-state index in [2.05, 4.69) is 0 Å². The maximum Gasteiger partial charge on any atom is 0.304 e. The summed E-state index contributed by atoms with van der Waals surface area (Å²) >= 11 is 0. The molecule has 1 unspecified atom stereocenters. The lowest BCUT2D eigenvalue weighted by molar-refractivity contribution is -0.142. The van der Waals surface area contributed by atoms with Gasteiger partial charge in [-0.2, -0.15) is 0 Å². The van der Waals surface area contributed by atoms with Gasteiger partial charge in [0.05, 0.1) is 6.42 Å². The van der Waals surface area contributed by atoms with Crippen molar-refractivity contribution in [1.82, 2.24) is 0 Å². The lowest BCUT2D eigenvalue weighted by Crippen LogP contribution is -2.24. The summed E-state index contributed by atoms with van der Waals surface area (Å²) in [6, 6.07) is 0. The van der Waals surface area contributed by atoms with Gasteiger partial charge in [0.15, 0.2) is 0 Å². The van der Waals surface area contributed by atoms with Crippen LogP contribution >= 0.6 is 0 Å². The number of carboxylic acids is 1. The van der Waals surface area contributed by atoms with Crippen LogP contribution in [0.5, 0.6) is 0 Å². The maximum atomic E-state index is 11.2. The minimum atomic E-state index is -0.872. The Bertz CT molecular complexity index is 384. The Hall–Kier alpha value is -1.19. The van der Waals surface area contributed by atoms with E-state index < -0.39 is 11.4 Å². The zero-order valence-electron chi connectivity index (χ0n) is 12.1. The molecule has 1 N–H and O–H groups in total. The molecule has 0 aliphatic heterocycles. The SMILES string of the molecule is CC1(C)CCCC1=O.CC1(CC(=O)O)CCCC1=O. The van der Waals surface area contributed by atoms with Crippen LogP contribution in [0.3, 0.4) is 0 Å². The lowest BCUT2D eigenvalue weighted by atomic mass is 9.84. The van der Waals surface area contributed by atoms with E-state index in [1.165, 1.54) is 0 Å². The predicted molar refractivity (Wildman–Crippen MR) is 71.9 cm³/mol. The van der Waals surface area contributed by atoms with Crippen molar-refractivity contribution >= 4 is 17.5 Å². The summed E-state index contributed by atoms with van der Waals surface area (Å²) in [6.07, 6.45) is 5.14. The van der Waals surface area contributed by atoms with Crippen molar-refractivity contribution in [3.8, 4) is 0 Å². The molecule has 0 amide bonds. The predicted octanol–water partition coefficient (Wildman–Crippen LogP) is 2.99. The van der Waals surface area contributed by atoms with Crippen molar-refractivity contribution in [1.29, 1.82) is 0 Å². The number of carbonyl (C=O) groups is 3. The van der Waals surface area contributed by atoms with Crippen LogP contribution in [0.4, 0.5) is 0 Å². The van der Waals surface area contributed by atoms with Crippen molar-refractivity contribution in [3.05, 3.63) is 0 Å². The highest BCUT2D eigenvalue weighted by molar-refractivity contribution is 5.89. The van der Waals surface area contributed by atoms with Gasteiger partial charge in [-0.25, -0.2) is 0 Å². The number of carbonyl (C=O) groups excluding carboxylic acids is 2. The van der Waals surface area contributed by atoms with Crippen LogP contribution in [0.1, 0.15) is 65.7 Å². The van der Waals surface area contributed by atoms with E-state index in [-0.39, 0.29) is 17.6 Å². The molecule has 1 atom stereocenters. The Balaban J connectivity index is 0.000000200. The second-order valence-corrected chi connectivity index (χ2v) is 6.57. The Morgan fingerprint density at radius 2 is 1.58 bits per heavy atom. The smallest absolute Gasteiger partial charge is 0.304 e. The third-order valence-corrected chi connectivity index (χ3v) is 4.31. The van der Waals surface area contributed by atoms with Gasteiger partial charge in [0.2, 0.25) is 0 Å². The largest absolute Gasteiger partial charge is 0.481 e. The summed E-state index contributed by atoms with van der Waals surface area (Å²) in [4.78, 5) is 32.4. The average Bonchev–Trinajstić information content (AvgIpc) is 2.72. The number of ketones is 2. The van der Waals surface area contributed by atoms with E-state index in [9.17, 15) is 14.4 Å². The first-order valence-corrected chi connectivity index (χ1v) is 6.96. The molecule has 0 radical (unpaired) electrons. The molecule has 19 heavy (non-hydrogen) atoms. The molecule has 2 aliphatic carbocycles. The Morgan fingerprint density at radius 1 is 1.05 bits per heavy atom. The van der Waals surface area contributed by atoms with Gasteiger partial charge in [-0.3, -0.25) is 14.4 Å². The highest BCUT2D eigenvalue weighted by Crippen LogP contribution is 2.37. The zero-order chi connectivity index (χ0) is 14.7. The third kappa shape index (κ3) is 4.15. The second-order valence-electron chi connectivity index (χ2n) is 6.57. The number of rotatable bonds is 2. The molecule has 108 valence electrons. The van der Waals surface area contributed by atoms with E-state index in [0.29, 0.717) is 12.2 Å². The molecule has 2 fully saturated rings. The normalized spacial score (nSPS) is 29.0. The van der Waals surface area contributed by atoms with Gasteiger partial charge < -0.3 is 5.11 Å². The molecule has 2 saturated carbocycles. The van der Waals surface area contributed by atoms with Crippen LogP contribution in [0, 0.1) is 10.8 Å². The van der Waals surface area contributed by atoms with Crippen molar-refractivity contribution in [2.24, 2.45) is 10.8 Å². The first-order chi connectivity index (χ1) is 8.67. The quantitative estimate of drug-likeness (QED) is 0.835. The standard InChI is InChI=1S/C8H12O3.C7H12O/c1-8(5-7(10)11)4-2-3-6(8)9;1-7(2)5-3-4-6(7)8/h2-5H2,1H3,(H,10,11);3-5H2,1-2H3. The van der Waals surface area contributed by atoms with Gasteiger partial charge in [0, 0.05) is 23.7 Å². The first-order valence-electron chi connectivity index (χ1n) is 6.96. The molecule has 0 saturated heterocycles. The number of hydrogen-bond acceptors (Lipinski definition) is 3. The molecule has 0 aromatic carbocycles. The molecule has 4 nitrogen and oxygen atoms in total. The highest BCUT2D eigenvalue weighted by atomic mass is 16.4. The number of Topliss-reactive ketones (excluding diaryl/α,β-unsaturated/α-hetero) is 2. The summed E-state index contributed by atoms with van der Waals surface area (Å²) in [6.45, 7) is 5.81. The minimum absolute atomic E-state index is 0.00810. The van der Waals surface area contributed by atoms with Crippen molar-refractivity contribution in [3.63, 3.8) is 0 Å². The molecule has 0 aromatic rings. The van der Waals surface area contributed by atoms with Gasteiger partial charge in [0.1, 0.15) is 11.6 Å². The van der Waals surface area contributed by atoms with E-state index in [0.717, 1.165) is 32.1 Å². The summed E-state index contributed by atoms with van der Waals surface area (Å²) in [5.41, 5.74) is -0.550. The van der Waals surface area contributed by atoms with Crippen molar-refractivity contribution in [2.45, 2.75) is 65.7 Å². The molecule has 0 aromatic heterocycles. The second kappa shape index (κ2) is 5.85. The fraction of sp³-hybridized carbons (Fsp3) is 0.800. The van der Waals surface area contributed by atoms with E-state index in [1.807, 2.05) is 13.8 Å². The van der Waals surface area contributed by atoms with Crippen molar-refractivity contribution < 1.29 is 19.5 Å². The molecular formula is C15H24O4. The summed E-state index contributed by atoms with van der Waals surface area (Å²) in [5.74, 6) is -0.319. The van der Waals surface area contributed by atoms with Gasteiger partial charge in [0.25, 0.3) is 0 Å². The van der Waals surface area contributed by atoms with E-state index in [1.54, 1.807) is 6.92 Å². The summed E-state index contributed by atoms with van der Waals surface area (Å²) in [7, 11) is 0. The topological polar surface area (TPSA) is 71.4 Å². The minimum Gasteiger partial charge on any atom is -0.481 e. The van der Waals surface area contributed by atoms with E-state index in [4.69, 9.17) is 5.11 Å². The lowest BCUT2D eigenvalue weighted by Gasteiger charge is -2.18. The monoisotopic (exact) mass is 268 g/mol. The van der Waals surface area contributed by atoms with Gasteiger partial charge in [-0.15, -0.1) is 0 Å². The van der Waals surface area contributed by atoms with Gasteiger partial charge in [-0.1, -0.05) is 20.8 Å². The van der Waals surface area contributed by atoms with Crippen LogP contribution < -0.4 is 0 Å². The molecule has 0 spiro atoms. The van der Waals surface area contributed by atoms with Crippen LogP contribution in [-0.2, 0) is 14.4 Å². The van der Waals surface area contributed by atoms with Crippen LogP contribution in [-0.4, -0.2) is 22.6 Å². The maximum absolute atomic E-state index is 11.2. The highest BCUT2D eigenvalue weighted by Gasteiger charge is 2.38. The molecule has 0 heterocycles. The summed E-state index contributed by atoms with van der Waals surface area (Å²) in [5, 5.41) is 8.50. The number of aliphatic carboxylic acids is 1. The number of hydrogen-bond donors (Lipinski definition) is 1. The zero-order valence-corrected chi connectivity index (χ0v) is 12.1. The van der Waals surface area contributed by atoms with Gasteiger partial charge >= 0.3 is 5.97 Å². The molecule has 2 aliphatic rings. The van der Waals surface area contributed by atoms with Crippen molar-refractivity contribution in [2.75, 3.05) is 0 Å². The van der Waals surface area contributed by atoms with Gasteiger partial charge in [-0.05, 0) is 25.7 Å². The molecule has 0 bridgehead atoms. The van der Waals surface area contributed by atoms with Crippen LogP contribution in [0.15, 0.2) is 0 Å². The summed E-state index contributed by atoms with van der Waals surface area (Å²) < 4.78 is 0. The molecular weight excluding hydrogens is 244 g/mol. The van der Waals surface area contributed by atoms with Crippen LogP contribution in [0.2, 0.25) is 0 Å². The third-order valence-electron chi connectivity index (χ3n) is 4.31. The molecule has 2 rings (SSSR count). The first kappa shape index (κ1) is 15.9. The molecule has 4 heteroatoms.